The predicted molar refractivity (Wildman–Crippen MR) is 122 cm³/mol. The van der Waals surface area contributed by atoms with Crippen LogP contribution in [0.4, 0.5) is 26.3 Å². The molecule has 0 radical (unpaired) electrons. The summed E-state index contributed by atoms with van der Waals surface area (Å²) in [7, 11) is 0. The van der Waals surface area contributed by atoms with Gasteiger partial charge in [-0.25, -0.2) is 0 Å². The lowest BCUT2D eigenvalue weighted by Crippen LogP contribution is -2.30. The molecule has 2 amide bonds. The van der Waals surface area contributed by atoms with Gasteiger partial charge in [0.05, 0.1) is 22.3 Å². The Balaban J connectivity index is 1.49. The number of carbonyl (C=O) groups is 2. The second kappa shape index (κ2) is 9.64. The molecule has 0 saturated heterocycles. The van der Waals surface area contributed by atoms with Crippen LogP contribution in [0.25, 0.3) is 12.2 Å². The van der Waals surface area contributed by atoms with Crippen molar-refractivity contribution in [2.45, 2.75) is 25.2 Å². The number of aryl methyl sites for hydroxylation is 1. The molecule has 0 unspecified atom stereocenters. The minimum Gasteiger partial charge on any atom is -0.274 e. The Morgan fingerprint density at radius 3 is 1.81 bits per heavy atom. The zero-order chi connectivity index (χ0) is 26.1. The maximum atomic E-state index is 13.4. The summed E-state index contributed by atoms with van der Waals surface area (Å²) in [5.74, 6) is -0.729. The Hall–Kier alpha value is -3.88. The van der Waals surface area contributed by atoms with Crippen LogP contribution < -0.4 is 0 Å². The van der Waals surface area contributed by atoms with Crippen LogP contribution >= 0.6 is 0 Å². The molecule has 0 bridgehead atoms. The molecule has 4 rings (SSSR count). The van der Waals surface area contributed by atoms with Gasteiger partial charge >= 0.3 is 12.4 Å². The number of benzene rings is 3. The molecule has 0 N–H and O–H groups in total. The Bertz CT molecular complexity index is 1270. The van der Waals surface area contributed by atoms with Crippen molar-refractivity contribution in [2.75, 3.05) is 6.54 Å². The molecule has 3 aromatic carbocycles. The van der Waals surface area contributed by atoms with Gasteiger partial charge in [-0.3, -0.25) is 14.5 Å². The van der Waals surface area contributed by atoms with Gasteiger partial charge in [0.1, 0.15) is 0 Å². The molecule has 1 aliphatic heterocycles. The zero-order valence-electron chi connectivity index (χ0n) is 18.7. The van der Waals surface area contributed by atoms with Crippen molar-refractivity contribution in [2.24, 2.45) is 0 Å². The highest BCUT2D eigenvalue weighted by molar-refractivity contribution is 6.21. The summed E-state index contributed by atoms with van der Waals surface area (Å²) in [5, 5.41) is 0. The number of halogens is 6. The standard InChI is InChI=1S/C27H19F6NO2/c28-26(29,30)22-11-4-12-23(27(31,32)33)21(22)14-13-18-7-3-6-17(16-18)8-5-15-34-24(35)19-9-1-2-10-20(19)25(34)36/h1-4,6-7,9-14,16H,5,8,15H2/b14-13+. The summed E-state index contributed by atoms with van der Waals surface area (Å²) in [5.41, 5.74) is -1.81. The minimum absolute atomic E-state index is 0.181. The van der Waals surface area contributed by atoms with Gasteiger partial charge in [0, 0.05) is 6.54 Å². The number of alkyl halides is 6. The molecule has 3 aromatic rings. The second-order valence-corrected chi connectivity index (χ2v) is 8.25. The highest BCUT2D eigenvalue weighted by atomic mass is 19.4. The molecule has 9 heteroatoms. The number of rotatable bonds is 6. The molecular weight excluding hydrogens is 484 g/mol. The molecule has 0 saturated carbocycles. The van der Waals surface area contributed by atoms with Crippen LogP contribution in [0.5, 0.6) is 0 Å². The van der Waals surface area contributed by atoms with E-state index in [0.29, 0.717) is 41.7 Å². The first kappa shape index (κ1) is 25.2. The molecule has 1 aliphatic rings. The number of carbonyl (C=O) groups excluding carboxylic acids is 2. The highest BCUT2D eigenvalue weighted by Gasteiger charge is 2.39. The summed E-state index contributed by atoms with van der Waals surface area (Å²) < 4.78 is 80.2. The third-order valence-electron chi connectivity index (χ3n) is 5.84. The van der Waals surface area contributed by atoms with Crippen molar-refractivity contribution in [3.05, 3.63) is 106 Å². The number of amides is 2. The van der Waals surface area contributed by atoms with Crippen LogP contribution in [0.2, 0.25) is 0 Å². The minimum atomic E-state index is -4.95. The lowest BCUT2D eigenvalue weighted by Gasteiger charge is -2.16. The first-order valence-corrected chi connectivity index (χ1v) is 11.0. The van der Waals surface area contributed by atoms with Crippen molar-refractivity contribution < 1.29 is 35.9 Å². The molecule has 0 aliphatic carbocycles. The van der Waals surface area contributed by atoms with Gasteiger partial charge in [0.15, 0.2) is 0 Å². The van der Waals surface area contributed by atoms with Crippen LogP contribution in [-0.2, 0) is 18.8 Å². The quantitative estimate of drug-likeness (QED) is 0.204. The smallest absolute Gasteiger partial charge is 0.274 e. The molecule has 0 aromatic heterocycles. The van der Waals surface area contributed by atoms with Gasteiger partial charge in [0.25, 0.3) is 11.8 Å². The van der Waals surface area contributed by atoms with E-state index in [0.717, 1.165) is 17.7 Å². The van der Waals surface area contributed by atoms with E-state index >= 15 is 0 Å². The predicted octanol–water partition coefficient (Wildman–Crippen LogP) is 7.12. The lowest BCUT2D eigenvalue weighted by molar-refractivity contribution is -0.143. The maximum absolute atomic E-state index is 13.4. The fourth-order valence-electron chi connectivity index (χ4n) is 4.15. The van der Waals surface area contributed by atoms with E-state index in [4.69, 9.17) is 0 Å². The van der Waals surface area contributed by atoms with Crippen molar-refractivity contribution in [3.63, 3.8) is 0 Å². The van der Waals surface area contributed by atoms with E-state index in [1.807, 2.05) is 0 Å². The molecule has 186 valence electrons. The van der Waals surface area contributed by atoms with E-state index in [1.165, 1.54) is 11.0 Å². The first-order chi connectivity index (χ1) is 17.0. The van der Waals surface area contributed by atoms with Gasteiger partial charge in [-0.1, -0.05) is 54.6 Å². The Morgan fingerprint density at radius 1 is 0.694 bits per heavy atom. The number of nitrogens with zero attached hydrogens (tertiary/aromatic N) is 1. The number of imide groups is 1. The molecule has 0 atom stereocenters. The molecule has 1 heterocycles. The van der Waals surface area contributed by atoms with Crippen molar-refractivity contribution in [3.8, 4) is 0 Å². The van der Waals surface area contributed by atoms with Crippen molar-refractivity contribution >= 4 is 24.0 Å². The van der Waals surface area contributed by atoms with E-state index in [1.54, 1.807) is 48.5 Å². The van der Waals surface area contributed by atoms with Gasteiger partial charge in [-0.15, -0.1) is 0 Å². The number of fused-ring (bicyclic) bond motifs is 1. The van der Waals surface area contributed by atoms with Gasteiger partial charge in [0.2, 0.25) is 0 Å². The SMILES string of the molecule is O=C1c2ccccc2C(=O)N1CCCc1cccc(/C=C/c2c(C(F)(F)F)cccc2C(F)(F)F)c1. The number of hydrogen-bond acceptors (Lipinski definition) is 2. The topological polar surface area (TPSA) is 37.4 Å². The fraction of sp³-hybridized carbons (Fsp3) is 0.185. The lowest BCUT2D eigenvalue weighted by atomic mass is 9.98. The third-order valence-corrected chi connectivity index (χ3v) is 5.84. The highest BCUT2D eigenvalue weighted by Crippen LogP contribution is 2.40. The van der Waals surface area contributed by atoms with Crippen LogP contribution in [0.3, 0.4) is 0 Å². The van der Waals surface area contributed by atoms with Crippen molar-refractivity contribution in [1.82, 2.24) is 4.90 Å². The second-order valence-electron chi connectivity index (χ2n) is 8.25. The van der Waals surface area contributed by atoms with Gasteiger partial charge < -0.3 is 0 Å². The molecule has 36 heavy (non-hydrogen) atoms. The van der Waals surface area contributed by atoms with E-state index in [2.05, 4.69) is 0 Å². The summed E-state index contributed by atoms with van der Waals surface area (Å²) in [6.45, 7) is 0.181. The maximum Gasteiger partial charge on any atom is 0.417 e. The average Bonchev–Trinajstić information content (AvgIpc) is 3.07. The van der Waals surface area contributed by atoms with Crippen LogP contribution in [0.15, 0.2) is 66.7 Å². The van der Waals surface area contributed by atoms with E-state index in [-0.39, 0.29) is 18.4 Å². The van der Waals surface area contributed by atoms with E-state index < -0.39 is 29.0 Å². The molecule has 0 fully saturated rings. The van der Waals surface area contributed by atoms with Crippen LogP contribution in [0, 0.1) is 0 Å². The van der Waals surface area contributed by atoms with Gasteiger partial charge in [-0.05, 0) is 53.8 Å². The fourth-order valence-corrected chi connectivity index (χ4v) is 4.15. The van der Waals surface area contributed by atoms with E-state index in [9.17, 15) is 35.9 Å². The number of hydrogen-bond donors (Lipinski definition) is 0. The monoisotopic (exact) mass is 503 g/mol. The van der Waals surface area contributed by atoms with Crippen LogP contribution in [0.1, 0.15) is 55.0 Å². The first-order valence-electron chi connectivity index (χ1n) is 11.0. The molecule has 3 nitrogen and oxygen atoms in total. The van der Waals surface area contributed by atoms with Crippen LogP contribution in [-0.4, -0.2) is 23.3 Å². The Kier molecular flexibility index (Phi) is 6.75. The third kappa shape index (κ3) is 5.19. The Labute approximate surface area is 202 Å². The van der Waals surface area contributed by atoms with Gasteiger partial charge in [-0.2, -0.15) is 26.3 Å². The van der Waals surface area contributed by atoms with Crippen molar-refractivity contribution in [1.29, 1.82) is 0 Å². The summed E-state index contributed by atoms with van der Waals surface area (Å²) in [4.78, 5) is 26.1. The summed E-state index contributed by atoms with van der Waals surface area (Å²) in [6.07, 6.45) is -6.99. The largest absolute Gasteiger partial charge is 0.417 e. The Morgan fingerprint density at radius 2 is 1.25 bits per heavy atom. The average molecular weight is 503 g/mol. The normalized spacial score (nSPS) is 14.1. The molecule has 0 spiro atoms. The molecular formula is C27H19F6NO2. The zero-order valence-corrected chi connectivity index (χ0v) is 18.7. The summed E-state index contributed by atoms with van der Waals surface area (Å²) >= 11 is 0. The summed E-state index contributed by atoms with van der Waals surface area (Å²) in [6, 6.07) is 15.1.